The lowest BCUT2D eigenvalue weighted by atomic mass is 10.4. The van der Waals surface area contributed by atoms with E-state index in [1.165, 1.54) is 4.90 Å². The van der Waals surface area contributed by atoms with Crippen LogP contribution >= 0.6 is 0 Å². The van der Waals surface area contributed by atoms with Crippen molar-refractivity contribution in [1.82, 2.24) is 4.90 Å². The maximum Gasteiger partial charge on any atom is 0.318 e. The van der Waals surface area contributed by atoms with Crippen molar-refractivity contribution >= 4 is 6.03 Å². The van der Waals surface area contributed by atoms with E-state index in [1.807, 2.05) is 0 Å². The van der Waals surface area contributed by atoms with E-state index in [4.69, 9.17) is 5.73 Å². The summed E-state index contributed by atoms with van der Waals surface area (Å²) in [6, 6.07) is -0.478. The summed E-state index contributed by atoms with van der Waals surface area (Å²) >= 11 is 0. The van der Waals surface area contributed by atoms with Gasteiger partial charge < -0.3 is 10.6 Å². The van der Waals surface area contributed by atoms with E-state index >= 15 is 0 Å². The van der Waals surface area contributed by atoms with Crippen LogP contribution in [0.2, 0.25) is 0 Å². The lowest BCUT2D eigenvalue weighted by molar-refractivity contribution is 0.231. The van der Waals surface area contributed by atoms with E-state index in [1.54, 1.807) is 37.6 Å². The molecule has 0 saturated heterocycles. The largest absolute Gasteiger partial charge is 0.351 e. The first-order chi connectivity index (χ1) is 5.18. The van der Waals surface area contributed by atoms with Gasteiger partial charge in [0.2, 0.25) is 0 Å². The molecule has 0 aliphatic carbocycles. The van der Waals surface area contributed by atoms with E-state index in [0.29, 0.717) is 0 Å². The van der Waals surface area contributed by atoms with Crippen molar-refractivity contribution in [3.8, 4) is 0 Å². The molecule has 0 aromatic carbocycles. The molecule has 0 aromatic rings. The van der Waals surface area contributed by atoms with Gasteiger partial charge in [0.15, 0.2) is 0 Å². The molecule has 11 heavy (non-hydrogen) atoms. The maximum absolute atomic E-state index is 10.4. The summed E-state index contributed by atoms with van der Waals surface area (Å²) in [6.07, 6.45) is 8.43. The summed E-state index contributed by atoms with van der Waals surface area (Å²) in [5.74, 6) is 0. The average molecular weight is 152 g/mol. The Bertz CT molecular complexity index is 194. The molecule has 0 fully saturated rings. The number of hydrogen-bond donors (Lipinski definition) is 1. The normalized spacial score (nSPS) is 10.6. The molecule has 0 heterocycles. The van der Waals surface area contributed by atoms with Crippen molar-refractivity contribution < 1.29 is 4.79 Å². The van der Waals surface area contributed by atoms with Crippen LogP contribution in [0.1, 0.15) is 0 Å². The summed E-state index contributed by atoms with van der Waals surface area (Å²) in [7, 11) is 1.58. The van der Waals surface area contributed by atoms with Crippen LogP contribution in [0.15, 0.2) is 37.1 Å². The van der Waals surface area contributed by atoms with Crippen molar-refractivity contribution in [2.24, 2.45) is 5.73 Å². The summed E-state index contributed by atoms with van der Waals surface area (Å²) in [4.78, 5) is 11.7. The van der Waals surface area contributed by atoms with E-state index < -0.39 is 6.03 Å². The van der Waals surface area contributed by atoms with Gasteiger partial charge in [0.25, 0.3) is 0 Å². The standard InChI is InChI=1S/C8H12N2O/c1-3-4-5-6-7-10(2)8(9)11/h3-7H,1H2,2H3,(H2,9,11)/b5-4-,7-6+. The molecule has 0 spiro atoms. The van der Waals surface area contributed by atoms with Crippen LogP contribution < -0.4 is 5.73 Å². The minimum atomic E-state index is -0.478. The molecule has 3 heteroatoms. The Morgan fingerprint density at radius 3 is 2.55 bits per heavy atom. The van der Waals surface area contributed by atoms with Crippen LogP contribution in [-0.4, -0.2) is 18.0 Å². The molecular formula is C8H12N2O. The van der Waals surface area contributed by atoms with E-state index in [9.17, 15) is 4.79 Å². The molecule has 0 aliphatic rings. The van der Waals surface area contributed by atoms with Gasteiger partial charge in [0.1, 0.15) is 0 Å². The minimum absolute atomic E-state index is 0.478. The summed E-state index contributed by atoms with van der Waals surface area (Å²) in [5.41, 5.74) is 4.94. The van der Waals surface area contributed by atoms with Gasteiger partial charge in [-0.15, -0.1) is 0 Å². The monoisotopic (exact) mass is 152 g/mol. The zero-order valence-corrected chi connectivity index (χ0v) is 6.53. The number of primary amides is 1. The average Bonchev–Trinajstić information content (AvgIpc) is 1.97. The van der Waals surface area contributed by atoms with Crippen molar-refractivity contribution in [3.05, 3.63) is 37.1 Å². The Morgan fingerprint density at radius 1 is 1.45 bits per heavy atom. The molecule has 0 rings (SSSR count). The van der Waals surface area contributed by atoms with Gasteiger partial charge >= 0.3 is 6.03 Å². The van der Waals surface area contributed by atoms with Crippen LogP contribution in [-0.2, 0) is 0 Å². The molecule has 0 bridgehead atoms. The molecule has 0 unspecified atom stereocenters. The second kappa shape index (κ2) is 5.29. The SMILES string of the molecule is C=C/C=C\C=C\N(C)C(N)=O. The number of rotatable bonds is 3. The highest BCUT2D eigenvalue weighted by atomic mass is 16.2. The first-order valence-electron chi connectivity index (χ1n) is 3.16. The van der Waals surface area contributed by atoms with Gasteiger partial charge in [-0.1, -0.05) is 24.8 Å². The summed E-state index contributed by atoms with van der Waals surface area (Å²) < 4.78 is 0. The van der Waals surface area contributed by atoms with Crippen molar-refractivity contribution in [3.63, 3.8) is 0 Å². The number of carbonyl (C=O) groups is 1. The van der Waals surface area contributed by atoms with E-state index in [-0.39, 0.29) is 0 Å². The number of carbonyl (C=O) groups excluding carboxylic acids is 1. The Morgan fingerprint density at radius 2 is 2.09 bits per heavy atom. The van der Waals surface area contributed by atoms with E-state index in [2.05, 4.69) is 6.58 Å². The molecular weight excluding hydrogens is 140 g/mol. The predicted molar refractivity (Wildman–Crippen MR) is 45.8 cm³/mol. The fourth-order valence-corrected chi connectivity index (χ4v) is 0.395. The maximum atomic E-state index is 10.4. The second-order valence-corrected chi connectivity index (χ2v) is 1.91. The van der Waals surface area contributed by atoms with Gasteiger partial charge in [-0.2, -0.15) is 0 Å². The van der Waals surface area contributed by atoms with Gasteiger partial charge in [-0.05, 0) is 6.08 Å². The third kappa shape index (κ3) is 4.96. The number of hydrogen-bond acceptors (Lipinski definition) is 1. The van der Waals surface area contributed by atoms with Gasteiger partial charge in [-0.25, -0.2) is 4.79 Å². The minimum Gasteiger partial charge on any atom is -0.351 e. The second-order valence-electron chi connectivity index (χ2n) is 1.91. The number of allylic oxidation sites excluding steroid dienone is 4. The third-order valence-electron chi connectivity index (χ3n) is 1.02. The Kier molecular flexibility index (Phi) is 4.56. The Labute approximate surface area is 66.5 Å². The zero-order valence-electron chi connectivity index (χ0n) is 6.53. The molecule has 0 aliphatic heterocycles. The van der Waals surface area contributed by atoms with Crippen LogP contribution in [0.3, 0.4) is 0 Å². The lowest BCUT2D eigenvalue weighted by Crippen LogP contribution is -2.26. The quantitative estimate of drug-likeness (QED) is 0.608. The molecule has 3 nitrogen and oxygen atoms in total. The number of urea groups is 1. The molecule has 2 N–H and O–H groups in total. The molecule has 0 saturated carbocycles. The highest BCUT2D eigenvalue weighted by molar-refractivity contribution is 5.72. The Hall–Kier alpha value is -1.51. The van der Waals surface area contributed by atoms with E-state index in [0.717, 1.165) is 0 Å². The smallest absolute Gasteiger partial charge is 0.318 e. The predicted octanol–water partition coefficient (Wildman–Crippen LogP) is 1.25. The highest BCUT2D eigenvalue weighted by Gasteiger charge is 1.93. The zero-order chi connectivity index (χ0) is 8.69. The molecule has 60 valence electrons. The van der Waals surface area contributed by atoms with Crippen molar-refractivity contribution in [1.29, 1.82) is 0 Å². The fraction of sp³-hybridized carbons (Fsp3) is 0.125. The topological polar surface area (TPSA) is 46.3 Å². The van der Waals surface area contributed by atoms with Gasteiger partial charge in [0.05, 0.1) is 0 Å². The first-order valence-corrected chi connectivity index (χ1v) is 3.16. The summed E-state index contributed by atoms with van der Waals surface area (Å²) in [6.45, 7) is 3.49. The molecule has 0 aromatic heterocycles. The summed E-state index contributed by atoms with van der Waals surface area (Å²) in [5, 5.41) is 0. The van der Waals surface area contributed by atoms with Crippen LogP contribution in [0, 0.1) is 0 Å². The molecule has 0 atom stereocenters. The van der Waals surface area contributed by atoms with Gasteiger partial charge in [0, 0.05) is 13.2 Å². The third-order valence-corrected chi connectivity index (χ3v) is 1.02. The molecule has 0 radical (unpaired) electrons. The lowest BCUT2D eigenvalue weighted by Gasteiger charge is -2.05. The highest BCUT2D eigenvalue weighted by Crippen LogP contribution is 1.84. The van der Waals surface area contributed by atoms with Gasteiger partial charge in [-0.3, -0.25) is 0 Å². The molecule has 2 amide bonds. The van der Waals surface area contributed by atoms with Crippen molar-refractivity contribution in [2.45, 2.75) is 0 Å². The number of amides is 2. The van der Waals surface area contributed by atoms with Crippen LogP contribution in [0.25, 0.3) is 0 Å². The van der Waals surface area contributed by atoms with Crippen molar-refractivity contribution in [2.75, 3.05) is 7.05 Å². The number of nitrogens with two attached hydrogens (primary N) is 1. The van der Waals surface area contributed by atoms with Crippen LogP contribution in [0.5, 0.6) is 0 Å². The number of nitrogens with zero attached hydrogens (tertiary/aromatic N) is 1. The Balaban J connectivity index is 3.82. The van der Waals surface area contributed by atoms with Crippen LogP contribution in [0.4, 0.5) is 4.79 Å². The fourth-order valence-electron chi connectivity index (χ4n) is 0.395. The first kappa shape index (κ1) is 9.49.